The lowest BCUT2D eigenvalue weighted by Gasteiger charge is -2.08. The van der Waals surface area contributed by atoms with E-state index in [0.717, 1.165) is 10.7 Å². The molecule has 7 nitrogen and oxygen atoms in total. The van der Waals surface area contributed by atoms with Gasteiger partial charge in [-0.1, -0.05) is 26.0 Å². The molecule has 2 aromatic heterocycles. The van der Waals surface area contributed by atoms with Crippen LogP contribution < -0.4 is 5.32 Å². The SMILES string of the molecule is CC(C)c1nc(CCNC(=O)c2ccccc2-n2cnnn2)cs1. The average molecular weight is 342 g/mol. The van der Waals surface area contributed by atoms with Crippen LogP contribution in [0.25, 0.3) is 5.69 Å². The van der Waals surface area contributed by atoms with E-state index in [9.17, 15) is 4.79 Å². The van der Waals surface area contributed by atoms with Gasteiger partial charge in [0.2, 0.25) is 0 Å². The van der Waals surface area contributed by atoms with Crippen molar-refractivity contribution in [3.8, 4) is 5.69 Å². The van der Waals surface area contributed by atoms with Gasteiger partial charge >= 0.3 is 0 Å². The molecule has 0 atom stereocenters. The number of nitrogens with zero attached hydrogens (tertiary/aromatic N) is 5. The highest BCUT2D eigenvalue weighted by molar-refractivity contribution is 7.09. The van der Waals surface area contributed by atoms with Crippen LogP contribution in [0, 0.1) is 0 Å². The van der Waals surface area contributed by atoms with Gasteiger partial charge in [-0.05, 0) is 22.6 Å². The van der Waals surface area contributed by atoms with Gasteiger partial charge in [-0.15, -0.1) is 16.4 Å². The Bertz CT molecular complexity index is 812. The Labute approximate surface area is 143 Å². The van der Waals surface area contributed by atoms with Crippen LogP contribution in [0.2, 0.25) is 0 Å². The summed E-state index contributed by atoms with van der Waals surface area (Å²) in [5.41, 5.74) is 2.19. The molecule has 0 aliphatic carbocycles. The molecule has 0 spiro atoms. The minimum absolute atomic E-state index is 0.152. The summed E-state index contributed by atoms with van der Waals surface area (Å²) in [5.74, 6) is 0.280. The highest BCUT2D eigenvalue weighted by atomic mass is 32.1. The summed E-state index contributed by atoms with van der Waals surface area (Å²) in [6, 6.07) is 7.22. The first-order valence-electron chi connectivity index (χ1n) is 7.70. The zero-order valence-electron chi connectivity index (χ0n) is 13.5. The number of rotatable bonds is 6. The number of hydrogen-bond donors (Lipinski definition) is 1. The largest absolute Gasteiger partial charge is 0.352 e. The van der Waals surface area contributed by atoms with Crippen molar-refractivity contribution in [2.24, 2.45) is 0 Å². The van der Waals surface area contributed by atoms with Gasteiger partial charge in [0.25, 0.3) is 5.91 Å². The minimum atomic E-state index is -0.152. The fraction of sp³-hybridized carbons (Fsp3) is 0.312. The number of hydrogen-bond acceptors (Lipinski definition) is 6. The van der Waals surface area contributed by atoms with Gasteiger partial charge in [0.1, 0.15) is 6.33 Å². The third-order valence-electron chi connectivity index (χ3n) is 3.47. The van der Waals surface area contributed by atoms with Crippen molar-refractivity contribution in [1.29, 1.82) is 0 Å². The van der Waals surface area contributed by atoms with E-state index in [0.29, 0.717) is 30.1 Å². The summed E-state index contributed by atoms with van der Waals surface area (Å²) in [4.78, 5) is 17.0. The smallest absolute Gasteiger partial charge is 0.253 e. The molecule has 1 N–H and O–H groups in total. The van der Waals surface area contributed by atoms with Crippen LogP contribution in [0.5, 0.6) is 0 Å². The highest BCUT2D eigenvalue weighted by Gasteiger charge is 2.13. The van der Waals surface area contributed by atoms with E-state index in [2.05, 4.69) is 45.1 Å². The van der Waals surface area contributed by atoms with Crippen LogP contribution in [0.15, 0.2) is 36.0 Å². The molecule has 0 saturated heterocycles. The number of amides is 1. The minimum Gasteiger partial charge on any atom is -0.352 e. The molecule has 3 rings (SSSR count). The molecule has 2 heterocycles. The lowest BCUT2D eigenvalue weighted by atomic mass is 10.1. The van der Waals surface area contributed by atoms with Crippen LogP contribution in [-0.4, -0.2) is 37.6 Å². The summed E-state index contributed by atoms with van der Waals surface area (Å²) in [6.07, 6.45) is 2.18. The number of para-hydroxylation sites is 1. The third kappa shape index (κ3) is 3.65. The third-order valence-corrected chi connectivity index (χ3v) is 4.67. The molecule has 3 aromatic rings. The fourth-order valence-corrected chi connectivity index (χ4v) is 3.11. The molecule has 1 aromatic carbocycles. The molecule has 0 unspecified atom stereocenters. The first-order valence-corrected chi connectivity index (χ1v) is 8.58. The van der Waals surface area contributed by atoms with Crippen molar-refractivity contribution in [2.45, 2.75) is 26.2 Å². The van der Waals surface area contributed by atoms with Crippen molar-refractivity contribution in [3.05, 3.63) is 52.2 Å². The number of nitrogens with one attached hydrogen (secondary N) is 1. The van der Waals surface area contributed by atoms with E-state index in [-0.39, 0.29) is 5.91 Å². The Morgan fingerprint density at radius 3 is 2.88 bits per heavy atom. The molecule has 1 amide bonds. The number of benzene rings is 1. The standard InChI is InChI=1S/C16H18N6OS/c1-11(2)16-19-12(9-24-16)7-8-17-15(23)13-5-3-4-6-14(13)22-10-18-20-21-22/h3-6,9-11H,7-8H2,1-2H3,(H,17,23). The molecule has 0 aliphatic rings. The number of carbonyl (C=O) groups excluding carboxylic acids is 1. The van der Waals surface area contributed by atoms with Crippen molar-refractivity contribution >= 4 is 17.2 Å². The normalized spacial score (nSPS) is 11.0. The van der Waals surface area contributed by atoms with Gasteiger partial charge in [0, 0.05) is 24.3 Å². The number of aromatic nitrogens is 5. The number of thiazole rings is 1. The summed E-state index contributed by atoms with van der Waals surface area (Å²) >= 11 is 1.66. The van der Waals surface area contributed by atoms with Crippen molar-refractivity contribution in [2.75, 3.05) is 6.54 Å². The lowest BCUT2D eigenvalue weighted by Crippen LogP contribution is -2.27. The maximum atomic E-state index is 12.5. The second-order valence-corrected chi connectivity index (χ2v) is 6.50. The summed E-state index contributed by atoms with van der Waals surface area (Å²) in [5, 5.41) is 17.2. The van der Waals surface area contributed by atoms with Crippen LogP contribution in [0.4, 0.5) is 0 Å². The maximum absolute atomic E-state index is 12.5. The van der Waals surface area contributed by atoms with Gasteiger partial charge < -0.3 is 5.32 Å². The Morgan fingerprint density at radius 1 is 1.33 bits per heavy atom. The first-order chi connectivity index (χ1) is 11.6. The van der Waals surface area contributed by atoms with E-state index in [1.54, 1.807) is 23.5 Å². The quantitative estimate of drug-likeness (QED) is 0.742. The molecule has 8 heteroatoms. The molecular weight excluding hydrogens is 324 g/mol. The van der Waals surface area contributed by atoms with Crippen LogP contribution in [0.1, 0.15) is 40.8 Å². The Kier molecular flexibility index (Phi) is 4.95. The summed E-state index contributed by atoms with van der Waals surface area (Å²) < 4.78 is 1.48. The maximum Gasteiger partial charge on any atom is 0.253 e. The van der Waals surface area contributed by atoms with Gasteiger partial charge in [0.05, 0.1) is 22.0 Å². The predicted octanol–water partition coefficient (Wildman–Crippen LogP) is 2.21. The predicted molar refractivity (Wildman–Crippen MR) is 91.4 cm³/mol. The monoisotopic (exact) mass is 342 g/mol. The molecule has 0 saturated carbocycles. The zero-order valence-corrected chi connectivity index (χ0v) is 14.3. The first kappa shape index (κ1) is 16.3. The molecule has 0 aliphatic heterocycles. The fourth-order valence-electron chi connectivity index (χ4n) is 2.24. The summed E-state index contributed by atoms with van der Waals surface area (Å²) in [7, 11) is 0. The van der Waals surface area contributed by atoms with Gasteiger partial charge in [-0.3, -0.25) is 4.79 Å². The van der Waals surface area contributed by atoms with E-state index >= 15 is 0 Å². The second kappa shape index (κ2) is 7.31. The topological polar surface area (TPSA) is 85.6 Å². The second-order valence-electron chi connectivity index (χ2n) is 5.61. The molecule has 0 fully saturated rings. The van der Waals surface area contributed by atoms with E-state index in [1.807, 2.05) is 12.1 Å². The number of carbonyl (C=O) groups is 1. The molecular formula is C16H18N6OS. The highest BCUT2D eigenvalue weighted by Crippen LogP contribution is 2.19. The Hall–Kier alpha value is -2.61. The summed E-state index contributed by atoms with van der Waals surface area (Å²) in [6.45, 7) is 4.78. The molecule has 24 heavy (non-hydrogen) atoms. The van der Waals surface area contributed by atoms with E-state index in [4.69, 9.17) is 0 Å². The Balaban J connectivity index is 1.63. The van der Waals surface area contributed by atoms with Gasteiger partial charge in [-0.2, -0.15) is 4.68 Å². The lowest BCUT2D eigenvalue weighted by molar-refractivity contribution is 0.0954. The van der Waals surface area contributed by atoms with E-state index in [1.165, 1.54) is 11.0 Å². The number of tetrazole rings is 1. The van der Waals surface area contributed by atoms with Gasteiger partial charge in [0.15, 0.2) is 0 Å². The van der Waals surface area contributed by atoms with Crippen LogP contribution >= 0.6 is 11.3 Å². The van der Waals surface area contributed by atoms with Crippen molar-refractivity contribution < 1.29 is 4.79 Å². The van der Waals surface area contributed by atoms with E-state index < -0.39 is 0 Å². The Morgan fingerprint density at radius 2 is 2.17 bits per heavy atom. The van der Waals surface area contributed by atoms with Gasteiger partial charge in [-0.25, -0.2) is 4.98 Å². The van der Waals surface area contributed by atoms with Crippen LogP contribution in [-0.2, 0) is 6.42 Å². The van der Waals surface area contributed by atoms with Crippen molar-refractivity contribution in [1.82, 2.24) is 30.5 Å². The average Bonchev–Trinajstić information content (AvgIpc) is 3.26. The molecule has 124 valence electrons. The van der Waals surface area contributed by atoms with Crippen LogP contribution in [0.3, 0.4) is 0 Å². The molecule has 0 bridgehead atoms. The van der Waals surface area contributed by atoms with Crippen molar-refractivity contribution in [3.63, 3.8) is 0 Å². The molecule has 0 radical (unpaired) electrons. The zero-order chi connectivity index (χ0) is 16.9.